The van der Waals surface area contributed by atoms with Gasteiger partial charge >= 0.3 is 57.2 Å². The second-order valence-corrected chi connectivity index (χ2v) is 0. The Hall–Kier alpha value is 2.46. The van der Waals surface area contributed by atoms with Crippen LogP contribution in [-0.4, -0.2) is 37.7 Å². The van der Waals surface area contributed by atoms with Crippen LogP contribution in [0.25, 0.3) is 0 Å². The summed E-state index contributed by atoms with van der Waals surface area (Å²) in [5, 5.41) is 0. The van der Waals surface area contributed by atoms with Crippen molar-refractivity contribution in [3.8, 4) is 0 Å². The molecular weight excluding hydrogens is 176 g/mol. The van der Waals surface area contributed by atoms with Crippen molar-refractivity contribution < 1.29 is 19.5 Å². The van der Waals surface area contributed by atoms with Gasteiger partial charge in [0.2, 0.25) is 0 Å². The van der Waals surface area contributed by atoms with E-state index in [1.807, 2.05) is 0 Å². The van der Waals surface area contributed by atoms with Crippen molar-refractivity contribution in [2.24, 2.45) is 0 Å². The summed E-state index contributed by atoms with van der Waals surface area (Å²) in [5.74, 6) is 0. The summed E-state index contributed by atoms with van der Waals surface area (Å²) in [6.07, 6.45) is 0. The Bertz CT molecular complexity index is 6.00. The first-order chi connectivity index (χ1) is 0. The van der Waals surface area contributed by atoms with E-state index in [-0.39, 0.29) is 82.0 Å². The van der Waals surface area contributed by atoms with Gasteiger partial charge in [0.05, 0.1) is 0 Å². The topological polar surface area (TPSA) is 0 Å². The molecule has 0 aliphatic heterocycles. The molecule has 0 spiro atoms. The zero-order chi connectivity index (χ0) is 0. The minimum absolute atomic E-state index is 0. The van der Waals surface area contributed by atoms with Crippen LogP contribution in [0.5, 0.6) is 0 Å². The van der Waals surface area contributed by atoms with Gasteiger partial charge in [-0.15, -0.1) is 24.8 Å². The van der Waals surface area contributed by atoms with Gasteiger partial charge in [-0.05, 0) is 0 Å². The van der Waals surface area contributed by atoms with Crippen molar-refractivity contribution in [3.05, 3.63) is 0 Å². The van der Waals surface area contributed by atoms with E-state index in [2.05, 4.69) is 0 Å². The smallest absolute Gasteiger partial charge is 0.147 e. The predicted octanol–water partition coefficient (Wildman–Crippen LogP) is 0.460. The molecule has 0 bridgehead atoms. The third-order valence-electron chi connectivity index (χ3n) is 0. The molecule has 0 nitrogen and oxygen atoms in total. The van der Waals surface area contributed by atoms with Gasteiger partial charge in [0.25, 0.3) is 0 Å². The Morgan fingerprint density at radius 1 is 0.750 bits per heavy atom. The molecule has 0 saturated carbocycles. The van der Waals surface area contributed by atoms with E-state index in [4.69, 9.17) is 0 Å². The van der Waals surface area contributed by atoms with Gasteiger partial charge in [-0.3, -0.25) is 0 Å². The van der Waals surface area contributed by atoms with Crippen molar-refractivity contribution in [1.82, 2.24) is 0 Å². The third-order valence-corrected chi connectivity index (χ3v) is 0. The molecule has 0 aliphatic carbocycles. The maximum Gasteiger partial charge on any atom is 2.00 e. The molecule has 0 heterocycles. The van der Waals surface area contributed by atoms with E-state index in [1.165, 1.54) is 0 Å². The summed E-state index contributed by atoms with van der Waals surface area (Å²) in [5.41, 5.74) is 0. The van der Waals surface area contributed by atoms with Crippen molar-refractivity contribution >= 4 is 62.6 Å². The molecule has 0 radical (unpaired) electrons. The fourth-order valence-corrected chi connectivity index (χ4v) is 0. The van der Waals surface area contributed by atoms with Gasteiger partial charge in [0, 0.05) is 0 Å². The quantitative estimate of drug-likeness (QED) is 0.473. The molecule has 0 atom stereocenters. The maximum atomic E-state index is 0. The summed E-state index contributed by atoms with van der Waals surface area (Å²) < 4.78 is 0. The second kappa shape index (κ2) is 17.9. The molecule has 0 rings (SSSR count). The van der Waals surface area contributed by atoms with E-state index >= 15 is 0 Å². The van der Waals surface area contributed by atoms with E-state index in [9.17, 15) is 0 Å². The standard InChI is InChI=1S/Ca.2ClH.Zn/h;2*1H;/q+2;;;+2. The van der Waals surface area contributed by atoms with E-state index < -0.39 is 0 Å². The molecule has 0 aliphatic rings. The van der Waals surface area contributed by atoms with E-state index in [0.29, 0.717) is 0 Å². The van der Waals surface area contributed by atoms with Gasteiger partial charge in [-0.1, -0.05) is 0 Å². The van der Waals surface area contributed by atoms with Crippen LogP contribution in [0.1, 0.15) is 0 Å². The van der Waals surface area contributed by atoms with E-state index in [0.717, 1.165) is 0 Å². The summed E-state index contributed by atoms with van der Waals surface area (Å²) in [4.78, 5) is 0. The summed E-state index contributed by atoms with van der Waals surface area (Å²) in [7, 11) is 0. The van der Waals surface area contributed by atoms with E-state index in [1.54, 1.807) is 0 Å². The van der Waals surface area contributed by atoms with Crippen molar-refractivity contribution in [2.45, 2.75) is 0 Å². The van der Waals surface area contributed by atoms with Crippen LogP contribution in [-0.2, 0) is 19.5 Å². The molecule has 0 aromatic heterocycles. The first-order valence-corrected chi connectivity index (χ1v) is 0. The SMILES string of the molecule is Cl.Cl.[Ca+2].[Zn+2]. The van der Waals surface area contributed by atoms with Crippen LogP contribution in [0.2, 0.25) is 0 Å². The second-order valence-electron chi connectivity index (χ2n) is 0. The number of halogens is 2. The average molecular weight is 178 g/mol. The fraction of sp³-hybridized carbons (Fsp3) is 0. The zero-order valence-corrected chi connectivity index (χ0v) is 9.04. The molecule has 0 aromatic rings. The van der Waals surface area contributed by atoms with Gasteiger partial charge in [0.1, 0.15) is 0 Å². The minimum atomic E-state index is 0. The monoisotopic (exact) mass is 176 g/mol. The molecule has 0 amide bonds. The molecule has 16 valence electrons. The van der Waals surface area contributed by atoms with Crippen LogP contribution in [0.4, 0.5) is 0 Å². The molecule has 0 unspecified atom stereocenters. The Balaban J connectivity index is 0. The van der Waals surface area contributed by atoms with Crippen LogP contribution < -0.4 is 0 Å². The van der Waals surface area contributed by atoms with Crippen LogP contribution >= 0.6 is 24.8 Å². The molecule has 0 saturated heterocycles. The Kier molecular flexibility index (Phi) is 143. The number of rotatable bonds is 0. The van der Waals surface area contributed by atoms with Crippen molar-refractivity contribution in [2.75, 3.05) is 0 Å². The average Bonchev–Trinajstić information content (AvgIpc) is 0. The molecule has 0 N–H and O–H groups in total. The predicted molar refractivity (Wildman–Crippen MR) is 20.2 cm³/mol. The normalized spacial score (nSPS) is 0. The summed E-state index contributed by atoms with van der Waals surface area (Å²) >= 11 is 0. The van der Waals surface area contributed by atoms with Crippen LogP contribution in [0.15, 0.2) is 0 Å². The molecular formula is H2CaCl2Zn+4. The van der Waals surface area contributed by atoms with Crippen LogP contribution in [0.3, 0.4) is 0 Å². The minimum Gasteiger partial charge on any atom is -0.147 e. The molecule has 4 heteroatoms. The first-order valence-electron chi connectivity index (χ1n) is 0. The Morgan fingerprint density at radius 2 is 0.750 bits per heavy atom. The molecule has 4 heavy (non-hydrogen) atoms. The fourth-order valence-electron chi connectivity index (χ4n) is 0. The molecule has 0 aromatic carbocycles. The van der Waals surface area contributed by atoms with Gasteiger partial charge in [0.15, 0.2) is 0 Å². The summed E-state index contributed by atoms with van der Waals surface area (Å²) in [6.45, 7) is 0. The third kappa shape index (κ3) is 8.82. The summed E-state index contributed by atoms with van der Waals surface area (Å²) in [6, 6.07) is 0. The molecule has 0 fully saturated rings. The van der Waals surface area contributed by atoms with Gasteiger partial charge in [-0.2, -0.15) is 0 Å². The van der Waals surface area contributed by atoms with Crippen LogP contribution in [0, 0.1) is 0 Å². The zero-order valence-electron chi connectivity index (χ0n) is 2.23. The maximum absolute atomic E-state index is 0. The van der Waals surface area contributed by atoms with Crippen molar-refractivity contribution in [1.29, 1.82) is 0 Å². The van der Waals surface area contributed by atoms with Gasteiger partial charge in [-0.25, -0.2) is 0 Å². The number of hydrogen-bond donors (Lipinski definition) is 0. The Labute approximate surface area is 80.7 Å². The van der Waals surface area contributed by atoms with Crippen molar-refractivity contribution in [3.63, 3.8) is 0 Å². The first kappa shape index (κ1) is 31.8. The van der Waals surface area contributed by atoms with Gasteiger partial charge < -0.3 is 0 Å². The largest absolute Gasteiger partial charge is 2.00 e. The number of hydrogen-bond acceptors (Lipinski definition) is 0. The Morgan fingerprint density at radius 3 is 0.750 bits per heavy atom.